The van der Waals surface area contributed by atoms with Crippen molar-refractivity contribution in [1.29, 1.82) is 0 Å². The molecule has 3 heteroatoms. The van der Waals surface area contributed by atoms with Crippen molar-refractivity contribution in [2.45, 2.75) is 19.9 Å². The number of hydrogen-bond acceptors (Lipinski definition) is 2. The molecular weight excluding hydrogens is 202 g/mol. The molecule has 1 amide bonds. The van der Waals surface area contributed by atoms with Crippen molar-refractivity contribution < 1.29 is 9.53 Å². The van der Waals surface area contributed by atoms with E-state index in [4.69, 9.17) is 4.74 Å². The molecule has 3 nitrogen and oxygen atoms in total. The van der Waals surface area contributed by atoms with Crippen LogP contribution in [0.1, 0.15) is 22.8 Å². The van der Waals surface area contributed by atoms with Crippen molar-refractivity contribution >= 4 is 5.91 Å². The van der Waals surface area contributed by atoms with Gasteiger partial charge in [0.2, 0.25) is 0 Å². The van der Waals surface area contributed by atoms with E-state index in [1.54, 1.807) is 0 Å². The van der Waals surface area contributed by atoms with Crippen LogP contribution in [0.3, 0.4) is 0 Å². The second kappa shape index (κ2) is 4.66. The minimum Gasteiger partial charge on any atom is -0.377 e. The van der Waals surface area contributed by atoms with Crippen molar-refractivity contribution in [3.63, 3.8) is 0 Å². The highest BCUT2D eigenvalue weighted by Crippen LogP contribution is 2.13. The molecule has 1 aromatic carbocycles. The molecule has 0 aromatic heterocycles. The molecule has 1 saturated heterocycles. The Labute approximate surface area is 96.0 Å². The van der Waals surface area contributed by atoms with E-state index < -0.39 is 0 Å². The van der Waals surface area contributed by atoms with Crippen LogP contribution in [0.25, 0.3) is 0 Å². The minimum atomic E-state index is 0.111. The van der Waals surface area contributed by atoms with E-state index in [9.17, 15) is 4.79 Å². The third kappa shape index (κ3) is 2.25. The van der Waals surface area contributed by atoms with Gasteiger partial charge in [-0.3, -0.25) is 4.79 Å². The lowest BCUT2D eigenvalue weighted by Gasteiger charge is -2.33. The smallest absolute Gasteiger partial charge is 0.254 e. The van der Waals surface area contributed by atoms with E-state index in [2.05, 4.69) is 0 Å². The van der Waals surface area contributed by atoms with E-state index in [0.29, 0.717) is 19.8 Å². The highest BCUT2D eigenvalue weighted by atomic mass is 16.5. The Morgan fingerprint density at radius 1 is 1.50 bits per heavy atom. The summed E-state index contributed by atoms with van der Waals surface area (Å²) in [5.74, 6) is 0.111. The maximum atomic E-state index is 12.2. The first kappa shape index (κ1) is 11.1. The first-order chi connectivity index (χ1) is 7.68. The van der Waals surface area contributed by atoms with Crippen molar-refractivity contribution in [2.24, 2.45) is 0 Å². The van der Waals surface area contributed by atoms with Gasteiger partial charge < -0.3 is 9.64 Å². The van der Waals surface area contributed by atoms with Crippen LogP contribution in [0, 0.1) is 6.92 Å². The summed E-state index contributed by atoms with van der Waals surface area (Å²) >= 11 is 0. The number of nitrogens with zero attached hydrogens (tertiary/aromatic N) is 1. The third-order valence-corrected chi connectivity index (χ3v) is 2.89. The van der Waals surface area contributed by atoms with Gasteiger partial charge in [0.1, 0.15) is 0 Å². The number of benzene rings is 1. The topological polar surface area (TPSA) is 29.5 Å². The summed E-state index contributed by atoms with van der Waals surface area (Å²) in [5, 5.41) is 0. The number of hydrogen-bond donors (Lipinski definition) is 0. The molecule has 86 valence electrons. The number of carbonyl (C=O) groups excluding carboxylic acids is 1. The summed E-state index contributed by atoms with van der Waals surface area (Å²) in [4.78, 5) is 14.1. The molecule has 0 unspecified atom stereocenters. The Bertz CT molecular complexity index is 389. The normalized spacial score (nSPS) is 20.9. The van der Waals surface area contributed by atoms with Crippen LogP contribution in [0.2, 0.25) is 0 Å². The molecule has 1 aliphatic rings. The van der Waals surface area contributed by atoms with Gasteiger partial charge in [-0.2, -0.15) is 0 Å². The summed E-state index contributed by atoms with van der Waals surface area (Å²) < 4.78 is 5.33. The molecular formula is C13H17NO2. The van der Waals surface area contributed by atoms with Crippen molar-refractivity contribution in [2.75, 3.05) is 19.8 Å². The number of morpholine rings is 1. The number of aryl methyl sites for hydroxylation is 1. The van der Waals surface area contributed by atoms with Crippen molar-refractivity contribution in [3.8, 4) is 0 Å². The van der Waals surface area contributed by atoms with E-state index >= 15 is 0 Å². The van der Waals surface area contributed by atoms with E-state index in [-0.39, 0.29) is 11.9 Å². The van der Waals surface area contributed by atoms with Gasteiger partial charge in [-0.15, -0.1) is 0 Å². The first-order valence-electron chi connectivity index (χ1n) is 5.64. The number of rotatable bonds is 1. The Morgan fingerprint density at radius 2 is 2.31 bits per heavy atom. The fourth-order valence-electron chi connectivity index (χ4n) is 1.97. The standard InChI is InChI=1S/C13H17NO2/c1-10-4-3-5-12(8-10)13(15)14-6-7-16-9-11(14)2/h3-5,8,11H,6-7,9H2,1-2H3/t11-/m1/s1. The van der Waals surface area contributed by atoms with E-state index in [1.165, 1.54) is 0 Å². The van der Waals surface area contributed by atoms with Gasteiger partial charge in [-0.1, -0.05) is 17.7 Å². The first-order valence-corrected chi connectivity index (χ1v) is 5.64. The predicted octanol–water partition coefficient (Wildman–Crippen LogP) is 1.86. The van der Waals surface area contributed by atoms with E-state index in [1.807, 2.05) is 43.0 Å². The largest absolute Gasteiger partial charge is 0.377 e. The maximum absolute atomic E-state index is 12.2. The van der Waals surface area contributed by atoms with Crippen LogP contribution in [0.5, 0.6) is 0 Å². The van der Waals surface area contributed by atoms with Gasteiger partial charge >= 0.3 is 0 Å². The van der Waals surface area contributed by atoms with Crippen LogP contribution in [0.15, 0.2) is 24.3 Å². The second-order valence-corrected chi connectivity index (χ2v) is 4.29. The third-order valence-electron chi connectivity index (χ3n) is 2.89. The fourth-order valence-corrected chi connectivity index (χ4v) is 1.97. The van der Waals surface area contributed by atoms with Crippen LogP contribution in [-0.4, -0.2) is 36.6 Å². The summed E-state index contributed by atoms with van der Waals surface area (Å²) in [6.45, 7) is 5.99. The van der Waals surface area contributed by atoms with Gasteiger partial charge in [0.25, 0.3) is 5.91 Å². The average molecular weight is 219 g/mol. The monoisotopic (exact) mass is 219 g/mol. The molecule has 16 heavy (non-hydrogen) atoms. The maximum Gasteiger partial charge on any atom is 0.254 e. The van der Waals surface area contributed by atoms with E-state index in [0.717, 1.165) is 11.1 Å². The number of ether oxygens (including phenoxy) is 1. The number of amides is 1. The lowest BCUT2D eigenvalue weighted by molar-refractivity contribution is 0.00359. The Kier molecular flexibility index (Phi) is 3.25. The molecule has 2 rings (SSSR count). The van der Waals surface area contributed by atoms with Gasteiger partial charge in [-0.25, -0.2) is 0 Å². The molecule has 0 bridgehead atoms. The molecule has 1 aliphatic heterocycles. The highest BCUT2D eigenvalue weighted by molar-refractivity contribution is 5.94. The Hall–Kier alpha value is -1.35. The molecule has 0 aliphatic carbocycles. The zero-order valence-electron chi connectivity index (χ0n) is 9.77. The summed E-state index contributed by atoms with van der Waals surface area (Å²) in [6.07, 6.45) is 0. The lowest BCUT2D eigenvalue weighted by Crippen LogP contribution is -2.47. The average Bonchev–Trinajstić information content (AvgIpc) is 2.29. The lowest BCUT2D eigenvalue weighted by atomic mass is 10.1. The van der Waals surface area contributed by atoms with Gasteiger partial charge in [-0.05, 0) is 26.0 Å². The predicted molar refractivity (Wildman–Crippen MR) is 62.5 cm³/mol. The Morgan fingerprint density at radius 3 is 3.00 bits per heavy atom. The van der Waals surface area contributed by atoms with Crippen LogP contribution in [0.4, 0.5) is 0 Å². The van der Waals surface area contributed by atoms with Crippen LogP contribution in [-0.2, 0) is 4.74 Å². The summed E-state index contributed by atoms with van der Waals surface area (Å²) in [6, 6.07) is 7.90. The minimum absolute atomic E-state index is 0.111. The van der Waals surface area contributed by atoms with Gasteiger partial charge in [0, 0.05) is 12.1 Å². The molecule has 0 radical (unpaired) electrons. The Balaban J connectivity index is 2.17. The SMILES string of the molecule is Cc1cccc(C(=O)N2CCOC[C@H]2C)c1. The zero-order chi connectivity index (χ0) is 11.5. The number of carbonyl (C=O) groups is 1. The summed E-state index contributed by atoms with van der Waals surface area (Å²) in [5.41, 5.74) is 1.89. The van der Waals surface area contributed by atoms with Gasteiger partial charge in [0.05, 0.1) is 19.3 Å². The quantitative estimate of drug-likeness (QED) is 0.721. The molecule has 1 atom stereocenters. The van der Waals surface area contributed by atoms with Gasteiger partial charge in [0.15, 0.2) is 0 Å². The molecule has 0 spiro atoms. The van der Waals surface area contributed by atoms with Crippen LogP contribution >= 0.6 is 0 Å². The fraction of sp³-hybridized carbons (Fsp3) is 0.462. The van der Waals surface area contributed by atoms with Crippen LogP contribution < -0.4 is 0 Å². The molecule has 1 heterocycles. The van der Waals surface area contributed by atoms with Crippen molar-refractivity contribution in [3.05, 3.63) is 35.4 Å². The van der Waals surface area contributed by atoms with Crippen molar-refractivity contribution in [1.82, 2.24) is 4.90 Å². The molecule has 1 fully saturated rings. The highest BCUT2D eigenvalue weighted by Gasteiger charge is 2.24. The second-order valence-electron chi connectivity index (χ2n) is 4.29. The molecule has 0 N–H and O–H groups in total. The zero-order valence-corrected chi connectivity index (χ0v) is 9.77. The molecule has 1 aromatic rings. The summed E-state index contributed by atoms with van der Waals surface area (Å²) in [7, 11) is 0. The molecule has 0 saturated carbocycles.